The van der Waals surface area contributed by atoms with E-state index in [9.17, 15) is 0 Å². The number of rotatable bonds is 2. The molecule has 108 valence electrons. The summed E-state index contributed by atoms with van der Waals surface area (Å²) < 4.78 is 5.23. The fourth-order valence-corrected chi connectivity index (χ4v) is 2.27. The lowest BCUT2D eigenvalue weighted by atomic mass is 9.77. The topological polar surface area (TPSA) is 9.23 Å². The lowest BCUT2D eigenvalue weighted by Crippen LogP contribution is -2.17. The quantitative estimate of drug-likeness (QED) is 0.712. The van der Waals surface area contributed by atoms with Crippen molar-refractivity contribution in [3.05, 3.63) is 65.7 Å². The van der Waals surface area contributed by atoms with Gasteiger partial charge in [-0.25, -0.2) is 0 Å². The predicted octanol–water partition coefficient (Wildman–Crippen LogP) is 4.88. The maximum atomic E-state index is 5.23. The highest BCUT2D eigenvalue weighted by Crippen LogP contribution is 2.35. The Morgan fingerprint density at radius 3 is 2.05 bits per heavy atom. The van der Waals surface area contributed by atoms with E-state index in [4.69, 9.17) is 4.74 Å². The van der Waals surface area contributed by atoms with Gasteiger partial charge >= 0.3 is 0 Å². The zero-order valence-corrected chi connectivity index (χ0v) is 13.2. The van der Waals surface area contributed by atoms with Crippen molar-refractivity contribution in [3.8, 4) is 17.6 Å². The SMILES string of the molecule is COc1ccc(C(C#Cc2ccccc2)C(C)(C)C)cc1. The van der Waals surface area contributed by atoms with E-state index < -0.39 is 0 Å². The molecule has 1 atom stereocenters. The van der Waals surface area contributed by atoms with Crippen LogP contribution in [0.1, 0.15) is 37.8 Å². The normalized spacial score (nSPS) is 12.2. The highest BCUT2D eigenvalue weighted by atomic mass is 16.5. The molecule has 0 amide bonds. The van der Waals surface area contributed by atoms with Crippen LogP contribution < -0.4 is 4.74 Å². The monoisotopic (exact) mass is 278 g/mol. The number of hydrogen-bond donors (Lipinski definition) is 0. The van der Waals surface area contributed by atoms with Gasteiger partial charge in [0.25, 0.3) is 0 Å². The van der Waals surface area contributed by atoms with Gasteiger partial charge in [0.1, 0.15) is 5.75 Å². The Bertz CT molecular complexity index is 622. The van der Waals surface area contributed by atoms with Crippen LogP contribution in [-0.2, 0) is 0 Å². The molecule has 0 spiro atoms. The number of hydrogen-bond acceptors (Lipinski definition) is 1. The van der Waals surface area contributed by atoms with Crippen LogP contribution in [0.5, 0.6) is 5.75 Å². The molecule has 0 saturated carbocycles. The fourth-order valence-electron chi connectivity index (χ4n) is 2.27. The Kier molecular flexibility index (Phi) is 4.70. The Hall–Kier alpha value is -2.20. The molecule has 0 aromatic heterocycles. The Morgan fingerprint density at radius 2 is 1.52 bits per heavy atom. The molecule has 2 aromatic rings. The van der Waals surface area contributed by atoms with Crippen molar-refractivity contribution >= 4 is 0 Å². The second-order valence-corrected chi connectivity index (χ2v) is 6.21. The second kappa shape index (κ2) is 6.50. The Balaban J connectivity index is 2.33. The van der Waals surface area contributed by atoms with Gasteiger partial charge in [0, 0.05) is 5.56 Å². The number of ether oxygens (including phenoxy) is 1. The molecular weight excluding hydrogens is 256 g/mol. The van der Waals surface area contributed by atoms with Crippen molar-refractivity contribution in [2.24, 2.45) is 5.41 Å². The standard InChI is InChI=1S/C20H22O/c1-20(2,3)19(15-10-16-8-6-5-7-9-16)17-11-13-18(21-4)14-12-17/h5-9,11-14,19H,1-4H3. The molecule has 0 aliphatic heterocycles. The van der Waals surface area contributed by atoms with Crippen molar-refractivity contribution in [3.63, 3.8) is 0 Å². The average molecular weight is 278 g/mol. The molecular formula is C20H22O. The summed E-state index contributed by atoms with van der Waals surface area (Å²) in [7, 11) is 1.69. The van der Waals surface area contributed by atoms with Crippen molar-refractivity contribution < 1.29 is 4.74 Å². The molecule has 0 heterocycles. The third-order valence-corrected chi connectivity index (χ3v) is 3.45. The minimum absolute atomic E-state index is 0.0797. The fraction of sp³-hybridized carbons (Fsp3) is 0.300. The Morgan fingerprint density at radius 1 is 0.905 bits per heavy atom. The third kappa shape index (κ3) is 4.13. The molecule has 21 heavy (non-hydrogen) atoms. The van der Waals surface area contributed by atoms with Crippen LogP contribution in [0.4, 0.5) is 0 Å². The first-order chi connectivity index (χ1) is 10.0. The van der Waals surface area contributed by atoms with E-state index >= 15 is 0 Å². The molecule has 2 rings (SSSR count). The van der Waals surface area contributed by atoms with Gasteiger partial charge in [-0.05, 0) is 35.2 Å². The van der Waals surface area contributed by atoms with E-state index in [-0.39, 0.29) is 11.3 Å². The minimum atomic E-state index is 0.0797. The van der Waals surface area contributed by atoms with Crippen molar-refractivity contribution in [1.82, 2.24) is 0 Å². The van der Waals surface area contributed by atoms with E-state index in [0.29, 0.717) is 0 Å². The largest absolute Gasteiger partial charge is 0.497 e. The van der Waals surface area contributed by atoms with Crippen LogP contribution in [0.2, 0.25) is 0 Å². The van der Waals surface area contributed by atoms with Crippen molar-refractivity contribution in [2.45, 2.75) is 26.7 Å². The van der Waals surface area contributed by atoms with Crippen LogP contribution >= 0.6 is 0 Å². The molecule has 1 heteroatoms. The number of methoxy groups -OCH3 is 1. The van der Waals surface area contributed by atoms with E-state index in [1.165, 1.54) is 5.56 Å². The van der Waals surface area contributed by atoms with Gasteiger partial charge in [0.05, 0.1) is 13.0 Å². The summed E-state index contributed by atoms with van der Waals surface area (Å²) >= 11 is 0. The molecule has 0 bridgehead atoms. The highest BCUT2D eigenvalue weighted by Gasteiger charge is 2.24. The molecule has 0 N–H and O–H groups in total. The van der Waals surface area contributed by atoms with Gasteiger partial charge in [-0.1, -0.05) is 62.9 Å². The van der Waals surface area contributed by atoms with Crippen LogP contribution in [0.15, 0.2) is 54.6 Å². The smallest absolute Gasteiger partial charge is 0.118 e. The zero-order chi connectivity index (χ0) is 15.3. The summed E-state index contributed by atoms with van der Waals surface area (Å²) in [6.45, 7) is 6.67. The van der Waals surface area contributed by atoms with Crippen LogP contribution in [0.25, 0.3) is 0 Å². The summed E-state index contributed by atoms with van der Waals surface area (Å²) in [6.07, 6.45) is 0. The average Bonchev–Trinajstić information content (AvgIpc) is 2.48. The summed E-state index contributed by atoms with van der Waals surface area (Å²) in [5.74, 6) is 7.80. The maximum Gasteiger partial charge on any atom is 0.118 e. The third-order valence-electron chi connectivity index (χ3n) is 3.45. The van der Waals surface area contributed by atoms with Gasteiger partial charge in [-0.2, -0.15) is 0 Å². The van der Waals surface area contributed by atoms with Gasteiger partial charge < -0.3 is 4.74 Å². The molecule has 2 aromatic carbocycles. The summed E-state index contributed by atoms with van der Waals surface area (Å²) in [5, 5.41) is 0. The van der Waals surface area contributed by atoms with Crippen LogP contribution in [0, 0.1) is 17.3 Å². The van der Waals surface area contributed by atoms with Gasteiger partial charge in [0.2, 0.25) is 0 Å². The van der Waals surface area contributed by atoms with Gasteiger partial charge in [-0.3, -0.25) is 0 Å². The van der Waals surface area contributed by atoms with Gasteiger partial charge in [-0.15, -0.1) is 0 Å². The second-order valence-electron chi connectivity index (χ2n) is 6.21. The van der Waals surface area contributed by atoms with Crippen molar-refractivity contribution in [2.75, 3.05) is 7.11 Å². The Labute approximate surface area is 128 Å². The first-order valence-electron chi connectivity index (χ1n) is 7.21. The lowest BCUT2D eigenvalue weighted by molar-refractivity contribution is 0.374. The first kappa shape index (κ1) is 15.2. The zero-order valence-electron chi connectivity index (χ0n) is 13.2. The van der Waals surface area contributed by atoms with E-state index in [2.05, 4.69) is 44.7 Å². The van der Waals surface area contributed by atoms with Crippen molar-refractivity contribution in [1.29, 1.82) is 0 Å². The summed E-state index contributed by atoms with van der Waals surface area (Å²) in [5.41, 5.74) is 2.36. The summed E-state index contributed by atoms with van der Waals surface area (Å²) in [4.78, 5) is 0. The molecule has 0 radical (unpaired) electrons. The van der Waals surface area contributed by atoms with Crippen LogP contribution in [0.3, 0.4) is 0 Å². The summed E-state index contributed by atoms with van der Waals surface area (Å²) in [6, 6.07) is 18.3. The highest BCUT2D eigenvalue weighted by molar-refractivity contribution is 5.40. The van der Waals surface area contributed by atoms with Gasteiger partial charge in [0.15, 0.2) is 0 Å². The lowest BCUT2D eigenvalue weighted by Gasteiger charge is -2.26. The molecule has 0 aliphatic carbocycles. The van der Waals surface area contributed by atoms with E-state index in [0.717, 1.165) is 11.3 Å². The van der Waals surface area contributed by atoms with Crippen LogP contribution in [-0.4, -0.2) is 7.11 Å². The molecule has 0 aliphatic rings. The predicted molar refractivity (Wildman–Crippen MR) is 88.5 cm³/mol. The van der Waals surface area contributed by atoms with E-state index in [1.807, 2.05) is 42.5 Å². The molecule has 1 unspecified atom stereocenters. The number of benzene rings is 2. The first-order valence-corrected chi connectivity index (χ1v) is 7.21. The maximum absolute atomic E-state index is 5.23. The van der Waals surface area contributed by atoms with E-state index in [1.54, 1.807) is 7.11 Å². The molecule has 0 saturated heterocycles. The minimum Gasteiger partial charge on any atom is -0.497 e. The molecule has 0 fully saturated rings. The molecule has 1 nitrogen and oxygen atoms in total.